The lowest BCUT2D eigenvalue weighted by molar-refractivity contribution is -0.143. The summed E-state index contributed by atoms with van der Waals surface area (Å²) in [4.78, 5) is 30.3. The molecule has 2 heterocycles. The Labute approximate surface area is 143 Å². The van der Waals surface area contributed by atoms with Crippen molar-refractivity contribution < 1.29 is 9.59 Å². The molecule has 1 saturated carbocycles. The zero-order valence-electron chi connectivity index (χ0n) is 14.3. The SMILES string of the molecule is Cc1ncccc1NC(=O)C(=O)N1CCC(NC2CCCC2)CC1. The van der Waals surface area contributed by atoms with Crippen molar-refractivity contribution in [1.82, 2.24) is 15.2 Å². The van der Waals surface area contributed by atoms with E-state index in [1.807, 2.05) is 0 Å². The van der Waals surface area contributed by atoms with Gasteiger partial charge in [-0.25, -0.2) is 0 Å². The molecule has 1 aromatic heterocycles. The Morgan fingerprint density at radius 3 is 2.46 bits per heavy atom. The van der Waals surface area contributed by atoms with Crippen LogP contribution in [-0.2, 0) is 9.59 Å². The normalized spacial score (nSPS) is 19.5. The second-order valence-electron chi connectivity index (χ2n) is 6.81. The molecule has 2 fully saturated rings. The van der Waals surface area contributed by atoms with Gasteiger partial charge in [-0.15, -0.1) is 0 Å². The Kier molecular flexibility index (Phi) is 5.45. The van der Waals surface area contributed by atoms with Crippen molar-refractivity contribution in [1.29, 1.82) is 0 Å². The maximum Gasteiger partial charge on any atom is 0.313 e. The average Bonchev–Trinajstić information content (AvgIpc) is 3.10. The number of nitrogens with zero attached hydrogens (tertiary/aromatic N) is 2. The van der Waals surface area contributed by atoms with Gasteiger partial charge in [0.1, 0.15) is 0 Å². The van der Waals surface area contributed by atoms with Gasteiger partial charge in [0.2, 0.25) is 0 Å². The monoisotopic (exact) mass is 330 g/mol. The van der Waals surface area contributed by atoms with Gasteiger partial charge in [0, 0.05) is 31.4 Å². The number of rotatable bonds is 3. The molecule has 0 spiro atoms. The van der Waals surface area contributed by atoms with E-state index in [2.05, 4.69) is 15.6 Å². The van der Waals surface area contributed by atoms with Gasteiger partial charge in [0.15, 0.2) is 0 Å². The molecule has 1 aliphatic heterocycles. The summed E-state index contributed by atoms with van der Waals surface area (Å²) in [5.41, 5.74) is 1.30. The molecule has 1 saturated heterocycles. The van der Waals surface area contributed by atoms with Crippen LogP contribution in [0.1, 0.15) is 44.2 Å². The summed E-state index contributed by atoms with van der Waals surface area (Å²) in [7, 11) is 0. The molecule has 0 atom stereocenters. The van der Waals surface area contributed by atoms with Crippen LogP contribution in [0.3, 0.4) is 0 Å². The Hall–Kier alpha value is -1.95. The first kappa shape index (κ1) is 16.9. The summed E-state index contributed by atoms with van der Waals surface area (Å²) in [6, 6.07) is 4.62. The van der Waals surface area contributed by atoms with Crippen LogP contribution in [0.5, 0.6) is 0 Å². The van der Waals surface area contributed by atoms with E-state index in [0.717, 1.165) is 12.8 Å². The Balaban J connectivity index is 1.47. The molecule has 1 aromatic rings. The van der Waals surface area contributed by atoms with Crippen molar-refractivity contribution in [2.24, 2.45) is 0 Å². The summed E-state index contributed by atoms with van der Waals surface area (Å²) in [6.07, 6.45) is 8.68. The first-order valence-corrected chi connectivity index (χ1v) is 8.91. The summed E-state index contributed by atoms with van der Waals surface area (Å²) in [5.74, 6) is -1.02. The zero-order valence-corrected chi connectivity index (χ0v) is 14.3. The first-order valence-electron chi connectivity index (χ1n) is 8.91. The van der Waals surface area contributed by atoms with Gasteiger partial charge in [-0.3, -0.25) is 14.6 Å². The summed E-state index contributed by atoms with van der Waals surface area (Å²) in [5, 5.41) is 6.38. The lowest BCUT2D eigenvalue weighted by atomic mass is 10.0. The standard InChI is InChI=1S/C18H26N4O2/c1-13-16(7-4-10-19-13)21-17(23)18(24)22-11-8-15(9-12-22)20-14-5-2-3-6-14/h4,7,10,14-15,20H,2-3,5-6,8-9,11-12H2,1H3,(H,21,23). The van der Waals surface area contributed by atoms with Crippen molar-refractivity contribution in [3.8, 4) is 0 Å². The number of aromatic nitrogens is 1. The molecule has 2 amide bonds. The van der Waals surface area contributed by atoms with E-state index in [1.54, 1.807) is 30.2 Å². The molecule has 2 aliphatic rings. The molecular weight excluding hydrogens is 304 g/mol. The molecule has 2 N–H and O–H groups in total. The first-order chi connectivity index (χ1) is 11.6. The fraction of sp³-hybridized carbons (Fsp3) is 0.611. The van der Waals surface area contributed by atoms with E-state index in [4.69, 9.17) is 0 Å². The molecule has 24 heavy (non-hydrogen) atoms. The fourth-order valence-corrected chi connectivity index (χ4v) is 3.61. The Bertz CT molecular complexity index is 590. The second kappa shape index (κ2) is 7.75. The maximum atomic E-state index is 12.3. The number of amides is 2. The highest BCUT2D eigenvalue weighted by atomic mass is 16.2. The fourth-order valence-electron chi connectivity index (χ4n) is 3.61. The largest absolute Gasteiger partial charge is 0.334 e. The van der Waals surface area contributed by atoms with Crippen LogP contribution < -0.4 is 10.6 Å². The Morgan fingerprint density at radius 2 is 1.79 bits per heavy atom. The molecule has 130 valence electrons. The molecule has 0 unspecified atom stereocenters. The third kappa shape index (κ3) is 4.12. The molecule has 3 rings (SSSR count). The van der Waals surface area contributed by atoms with E-state index < -0.39 is 11.8 Å². The number of carbonyl (C=O) groups excluding carboxylic acids is 2. The third-order valence-electron chi connectivity index (χ3n) is 5.06. The van der Waals surface area contributed by atoms with Gasteiger partial charge in [0.25, 0.3) is 0 Å². The van der Waals surface area contributed by atoms with Crippen LogP contribution >= 0.6 is 0 Å². The van der Waals surface area contributed by atoms with Crippen LogP contribution in [0.15, 0.2) is 18.3 Å². The van der Waals surface area contributed by atoms with E-state index >= 15 is 0 Å². The van der Waals surface area contributed by atoms with Crippen molar-refractivity contribution in [3.05, 3.63) is 24.0 Å². The van der Waals surface area contributed by atoms with E-state index in [9.17, 15) is 9.59 Å². The number of anilines is 1. The highest BCUT2D eigenvalue weighted by molar-refractivity contribution is 6.39. The number of piperidine rings is 1. The lowest BCUT2D eigenvalue weighted by Crippen LogP contribution is -2.49. The molecule has 0 radical (unpaired) electrons. The minimum absolute atomic E-state index is 0.447. The highest BCUT2D eigenvalue weighted by Crippen LogP contribution is 2.20. The van der Waals surface area contributed by atoms with Crippen molar-refractivity contribution >= 4 is 17.5 Å². The minimum Gasteiger partial charge on any atom is -0.334 e. The van der Waals surface area contributed by atoms with Crippen molar-refractivity contribution in [2.45, 2.75) is 57.5 Å². The minimum atomic E-state index is -0.576. The van der Waals surface area contributed by atoms with Crippen LogP contribution in [0.25, 0.3) is 0 Å². The predicted octanol–water partition coefficient (Wildman–Crippen LogP) is 1.85. The smallest absolute Gasteiger partial charge is 0.313 e. The van der Waals surface area contributed by atoms with Crippen LogP contribution in [-0.4, -0.2) is 46.9 Å². The number of carbonyl (C=O) groups is 2. The van der Waals surface area contributed by atoms with Gasteiger partial charge in [0.05, 0.1) is 11.4 Å². The predicted molar refractivity (Wildman–Crippen MR) is 92.6 cm³/mol. The molecule has 1 aliphatic carbocycles. The van der Waals surface area contributed by atoms with Gasteiger partial charge < -0.3 is 15.5 Å². The van der Waals surface area contributed by atoms with Gasteiger partial charge in [-0.1, -0.05) is 12.8 Å². The molecule has 0 aromatic carbocycles. The Morgan fingerprint density at radius 1 is 1.12 bits per heavy atom. The number of hydrogen-bond acceptors (Lipinski definition) is 4. The third-order valence-corrected chi connectivity index (χ3v) is 5.06. The number of likely N-dealkylation sites (tertiary alicyclic amines) is 1. The average molecular weight is 330 g/mol. The number of hydrogen-bond donors (Lipinski definition) is 2. The number of nitrogens with one attached hydrogen (secondary N) is 2. The van der Waals surface area contributed by atoms with E-state index in [0.29, 0.717) is 36.6 Å². The quantitative estimate of drug-likeness (QED) is 0.830. The van der Waals surface area contributed by atoms with E-state index in [1.165, 1.54) is 25.7 Å². The lowest BCUT2D eigenvalue weighted by Gasteiger charge is -2.33. The van der Waals surface area contributed by atoms with Crippen LogP contribution in [0.4, 0.5) is 5.69 Å². The number of aryl methyl sites for hydroxylation is 1. The second-order valence-corrected chi connectivity index (χ2v) is 6.81. The zero-order chi connectivity index (χ0) is 16.9. The molecule has 6 nitrogen and oxygen atoms in total. The van der Waals surface area contributed by atoms with Gasteiger partial charge in [-0.05, 0) is 44.7 Å². The molecule has 6 heteroatoms. The van der Waals surface area contributed by atoms with Crippen molar-refractivity contribution in [2.75, 3.05) is 18.4 Å². The van der Waals surface area contributed by atoms with Crippen LogP contribution in [0, 0.1) is 6.92 Å². The highest BCUT2D eigenvalue weighted by Gasteiger charge is 2.28. The van der Waals surface area contributed by atoms with Crippen LogP contribution in [0.2, 0.25) is 0 Å². The topological polar surface area (TPSA) is 74.3 Å². The summed E-state index contributed by atoms with van der Waals surface area (Å²) >= 11 is 0. The molecule has 0 bridgehead atoms. The van der Waals surface area contributed by atoms with Gasteiger partial charge in [-0.2, -0.15) is 0 Å². The molecular formula is C18H26N4O2. The summed E-state index contributed by atoms with van der Waals surface area (Å²) < 4.78 is 0. The van der Waals surface area contributed by atoms with E-state index in [-0.39, 0.29) is 0 Å². The number of pyridine rings is 1. The van der Waals surface area contributed by atoms with Crippen molar-refractivity contribution in [3.63, 3.8) is 0 Å². The van der Waals surface area contributed by atoms with Gasteiger partial charge >= 0.3 is 11.8 Å². The maximum absolute atomic E-state index is 12.3. The summed E-state index contributed by atoms with van der Waals surface area (Å²) in [6.45, 7) is 3.09.